The summed E-state index contributed by atoms with van der Waals surface area (Å²) in [7, 11) is 0. The van der Waals surface area contributed by atoms with Crippen molar-refractivity contribution in [2.75, 3.05) is 0 Å². The molecule has 8 heteroatoms. The highest BCUT2D eigenvalue weighted by Crippen LogP contribution is 2.40. The van der Waals surface area contributed by atoms with Gasteiger partial charge in [-0.15, -0.1) is 22.7 Å². The molecular weight excluding hydrogens is 979 g/mol. The van der Waals surface area contributed by atoms with Gasteiger partial charge >= 0.3 is 0 Å². The molecule has 0 saturated heterocycles. The lowest BCUT2D eigenvalue weighted by molar-refractivity contribution is 0.354. The molecule has 430 valence electrons. The average Bonchev–Trinajstić information content (AvgIpc) is 4.15. The Kier molecular flexibility index (Phi) is 28.4. The van der Waals surface area contributed by atoms with Crippen LogP contribution in [0.2, 0.25) is 0 Å². The van der Waals surface area contributed by atoms with Crippen LogP contribution in [0, 0.1) is 63.6 Å². The molecule has 2 aliphatic rings. The van der Waals surface area contributed by atoms with Gasteiger partial charge in [-0.05, 0) is 139 Å². The Labute approximate surface area is 481 Å². The van der Waals surface area contributed by atoms with E-state index < -0.39 is 0 Å². The van der Waals surface area contributed by atoms with Crippen molar-refractivity contribution in [1.82, 2.24) is 25.1 Å². The van der Waals surface area contributed by atoms with Crippen molar-refractivity contribution in [3.63, 3.8) is 0 Å². The number of hydrogen-bond donors (Lipinski definition) is 0. The third-order valence-corrected chi connectivity index (χ3v) is 13.7. The number of rotatable bonds is 9. The topological polar surface area (TPSA) is 77.6 Å². The fourth-order valence-corrected chi connectivity index (χ4v) is 10.1. The normalized spacial score (nSPS) is 13.8. The van der Waals surface area contributed by atoms with E-state index in [4.69, 9.17) is 4.52 Å². The maximum atomic E-state index is 4.71. The van der Waals surface area contributed by atoms with Crippen LogP contribution in [0.5, 0.6) is 0 Å². The number of nitrogens with zero attached hydrogens (tertiary/aromatic N) is 5. The zero-order chi connectivity index (χ0) is 58.3. The fourth-order valence-electron chi connectivity index (χ4n) is 8.08. The third kappa shape index (κ3) is 39.9. The van der Waals surface area contributed by atoms with Crippen LogP contribution in [0.3, 0.4) is 0 Å². The van der Waals surface area contributed by atoms with Gasteiger partial charge < -0.3 is 4.52 Å². The van der Waals surface area contributed by atoms with E-state index in [2.05, 4.69) is 226 Å². The quantitative estimate of drug-likeness (QED) is 0.144. The Morgan fingerprint density at radius 3 is 1.47 bits per heavy atom. The van der Waals surface area contributed by atoms with Crippen molar-refractivity contribution >= 4 is 22.7 Å². The second-order valence-electron chi connectivity index (χ2n) is 30.4. The van der Waals surface area contributed by atoms with E-state index in [0.29, 0.717) is 37.9 Å². The maximum absolute atomic E-state index is 4.71. The van der Waals surface area contributed by atoms with Crippen molar-refractivity contribution in [3.8, 4) is 10.6 Å². The summed E-state index contributed by atoms with van der Waals surface area (Å²) in [5.41, 5.74) is 10.0. The molecule has 2 fully saturated rings. The van der Waals surface area contributed by atoms with Gasteiger partial charge in [0.2, 0.25) is 0 Å². The zero-order valence-electron chi connectivity index (χ0n) is 53.3. The van der Waals surface area contributed by atoms with Crippen LogP contribution in [-0.2, 0) is 32.1 Å². The number of hydrogen-bond acceptors (Lipinski definition) is 8. The van der Waals surface area contributed by atoms with Gasteiger partial charge in [-0.1, -0.05) is 219 Å². The molecule has 1 aromatic carbocycles. The largest absolute Gasteiger partial charge is 0.365 e. The first kappa shape index (κ1) is 69.1. The molecule has 0 unspecified atom stereocenters. The maximum Gasteiger partial charge on any atom is 0.124 e. The van der Waals surface area contributed by atoms with Crippen LogP contribution < -0.4 is 0 Å². The van der Waals surface area contributed by atoms with Gasteiger partial charge in [0, 0.05) is 46.2 Å². The van der Waals surface area contributed by atoms with Crippen molar-refractivity contribution in [3.05, 3.63) is 135 Å². The zero-order valence-corrected chi connectivity index (χ0v) is 55.0. The first-order chi connectivity index (χ1) is 35.3. The van der Waals surface area contributed by atoms with Crippen molar-refractivity contribution in [1.29, 1.82) is 0 Å². The third-order valence-electron chi connectivity index (χ3n) is 11.7. The van der Waals surface area contributed by atoms with E-state index in [1.807, 2.05) is 60.3 Å². The summed E-state index contributed by atoms with van der Waals surface area (Å²) in [6, 6.07) is 22.5. The minimum Gasteiger partial charge on any atom is -0.365 e. The molecule has 6 nitrogen and oxygen atoms in total. The van der Waals surface area contributed by atoms with E-state index in [0.717, 1.165) is 54.6 Å². The monoisotopic (exact) mass is 1090 g/mol. The molecule has 2 saturated carbocycles. The minimum atomic E-state index is 0.302. The summed E-state index contributed by atoms with van der Waals surface area (Å²) in [4.78, 5) is 18.8. The minimum absolute atomic E-state index is 0.302. The SMILES string of the molecule is CC(C)(C)CC1CC1.CC(C)(C)CCC1CC1.CC(C)(C)Cc1ccccn1.CC(C)(C)Cc1cccnc1.CC(C)(C)Cc1ccon1.Cc1nc(-c2ccccc2)sc1CC(C)(C)C.Cc1nc(CC(C)(C)C)cs1. The van der Waals surface area contributed by atoms with Gasteiger partial charge in [0.05, 0.1) is 22.1 Å². The highest BCUT2D eigenvalue weighted by atomic mass is 32.1. The van der Waals surface area contributed by atoms with Crippen LogP contribution >= 0.6 is 22.7 Å². The first-order valence-corrected chi connectivity index (χ1v) is 30.6. The standard InChI is InChI=1S/C15H19NS.2C10H15N.C9H15NS.C9H18.C8H13NO.C8H16/c1-11-13(10-15(2,3)4)17-14(16-11)12-8-6-5-7-9-12;1-10(2,3)7-9-5-4-6-11-8-9;1-10(2,3)8-9-6-4-5-7-11-9;1-7-10-8(6-11-7)5-9(2,3)4;1-9(2,3)7-6-8-4-5-8;1-8(2,3)6-7-4-5-10-9-7;1-8(2,3)6-7-4-5-7/h5-9H,10H2,1-4H3;4-6,8H,7H2,1-3H3;4-7H,8H2,1-3H3;6H,5H2,1-4H3;8H,4-7H2,1-3H3;4-5H,6H2,1-3H3;7H,4-6H2,1-3H3. The Hall–Kier alpha value is -4.01. The van der Waals surface area contributed by atoms with E-state index in [1.54, 1.807) is 17.6 Å². The van der Waals surface area contributed by atoms with Crippen LogP contribution in [0.25, 0.3) is 10.6 Å². The molecule has 0 amide bonds. The van der Waals surface area contributed by atoms with Crippen LogP contribution in [-0.4, -0.2) is 25.1 Å². The molecule has 5 heterocycles. The van der Waals surface area contributed by atoms with Gasteiger partial charge in [0.15, 0.2) is 0 Å². The van der Waals surface area contributed by atoms with Gasteiger partial charge in [0.1, 0.15) is 11.3 Å². The molecule has 0 bridgehead atoms. The molecule has 8 rings (SSSR count). The lowest BCUT2D eigenvalue weighted by atomic mass is 9.89. The molecular formula is C69H111N5OS2. The second kappa shape index (κ2) is 31.7. The van der Waals surface area contributed by atoms with Gasteiger partial charge in [-0.25, -0.2) is 9.97 Å². The Morgan fingerprint density at radius 2 is 1.05 bits per heavy atom. The predicted octanol–water partition coefficient (Wildman–Crippen LogP) is 21.4. The van der Waals surface area contributed by atoms with Gasteiger partial charge in [-0.3, -0.25) is 9.97 Å². The summed E-state index contributed by atoms with van der Waals surface area (Å²) in [6.07, 6.45) is 22.9. The van der Waals surface area contributed by atoms with Gasteiger partial charge in [-0.2, -0.15) is 0 Å². The predicted molar refractivity (Wildman–Crippen MR) is 338 cm³/mol. The summed E-state index contributed by atoms with van der Waals surface area (Å²) in [6.45, 7) is 51.6. The van der Waals surface area contributed by atoms with E-state index >= 15 is 0 Å². The van der Waals surface area contributed by atoms with Gasteiger partial charge in [0.25, 0.3) is 0 Å². The summed E-state index contributed by atoms with van der Waals surface area (Å²) < 4.78 is 4.71. The molecule has 0 aliphatic heterocycles. The summed E-state index contributed by atoms with van der Waals surface area (Å²) >= 11 is 3.56. The molecule has 2 aliphatic carbocycles. The molecule has 77 heavy (non-hydrogen) atoms. The van der Waals surface area contributed by atoms with E-state index in [-0.39, 0.29) is 0 Å². The molecule has 0 radical (unpaired) electrons. The number of pyridine rings is 2. The highest BCUT2D eigenvalue weighted by Gasteiger charge is 2.27. The molecule has 0 atom stereocenters. The van der Waals surface area contributed by atoms with E-state index in [9.17, 15) is 0 Å². The van der Waals surface area contributed by atoms with Crippen molar-refractivity contribution in [2.24, 2.45) is 49.7 Å². The Bertz CT molecular complexity index is 2360. The average molecular weight is 1090 g/mol. The molecule has 0 N–H and O–H groups in total. The molecule has 5 aromatic heterocycles. The van der Waals surface area contributed by atoms with Crippen LogP contribution in [0.15, 0.2) is 101 Å². The second-order valence-corrected chi connectivity index (χ2v) is 32.5. The smallest absolute Gasteiger partial charge is 0.124 e. The van der Waals surface area contributed by atoms with Crippen molar-refractivity contribution < 1.29 is 4.52 Å². The molecule has 6 aromatic rings. The van der Waals surface area contributed by atoms with Crippen LogP contribution in [0.4, 0.5) is 0 Å². The Morgan fingerprint density at radius 1 is 0.506 bits per heavy atom. The lowest BCUT2D eigenvalue weighted by Crippen LogP contribution is -2.09. The Balaban J connectivity index is 0.000000311. The van der Waals surface area contributed by atoms with E-state index in [1.165, 1.54) is 83.0 Å². The fraction of sp³-hybridized carbons (Fsp3) is 0.638. The first-order valence-electron chi connectivity index (χ1n) is 28.9. The lowest BCUT2D eigenvalue weighted by Gasteiger charge is -2.17. The number of thiazole rings is 2. The summed E-state index contributed by atoms with van der Waals surface area (Å²) in [5, 5.41) is 8.29. The summed E-state index contributed by atoms with van der Waals surface area (Å²) in [5.74, 6) is 2.21. The number of aryl methyl sites for hydroxylation is 2. The number of aromatic nitrogens is 5. The number of benzene rings is 1. The van der Waals surface area contributed by atoms with Crippen LogP contribution in [0.1, 0.15) is 229 Å². The molecule has 0 spiro atoms. The van der Waals surface area contributed by atoms with Crippen molar-refractivity contribution in [2.45, 2.75) is 236 Å². The highest BCUT2D eigenvalue weighted by molar-refractivity contribution is 7.15.